The normalized spacial score (nSPS) is 25.1. The summed E-state index contributed by atoms with van der Waals surface area (Å²) in [4.78, 5) is 6.81. The highest BCUT2D eigenvalue weighted by Crippen LogP contribution is 2.30. The van der Waals surface area contributed by atoms with E-state index in [1.807, 2.05) is 6.07 Å². The van der Waals surface area contributed by atoms with Crippen LogP contribution in [0.3, 0.4) is 0 Å². The molecule has 1 aromatic heterocycles. The van der Waals surface area contributed by atoms with Crippen LogP contribution in [0.5, 0.6) is 0 Å². The second-order valence-corrected chi connectivity index (χ2v) is 5.03. The number of aromatic nitrogens is 1. The molecular weight excluding hydrogens is 214 g/mol. The fraction of sp³-hybridized carbons (Fsp3) is 0.583. The standard InChI is InChI=1S/C12H19N5/c13-10-3-4-11(16-12(10)14)15-8-5-6-17(7-8)9-1-2-9/h3-4,8-9H,1-2,5-7,13H2,(H3,14,15,16). The largest absolute Gasteiger partial charge is 0.396 e. The maximum Gasteiger partial charge on any atom is 0.149 e. The first kappa shape index (κ1) is 10.7. The molecule has 1 unspecified atom stereocenters. The Kier molecular flexibility index (Phi) is 2.55. The molecule has 2 fully saturated rings. The third-order valence-electron chi connectivity index (χ3n) is 3.59. The molecule has 1 atom stereocenters. The van der Waals surface area contributed by atoms with E-state index in [-0.39, 0.29) is 0 Å². The van der Waals surface area contributed by atoms with E-state index in [1.54, 1.807) is 6.07 Å². The fourth-order valence-corrected chi connectivity index (χ4v) is 2.45. The summed E-state index contributed by atoms with van der Waals surface area (Å²) in [6.07, 6.45) is 3.93. The number of likely N-dealkylation sites (tertiary alicyclic amines) is 1. The van der Waals surface area contributed by atoms with Gasteiger partial charge in [0.05, 0.1) is 5.69 Å². The van der Waals surface area contributed by atoms with E-state index in [0.717, 1.165) is 18.4 Å². The molecule has 1 aromatic rings. The minimum absolute atomic E-state index is 0.409. The van der Waals surface area contributed by atoms with Gasteiger partial charge in [-0.2, -0.15) is 0 Å². The van der Waals surface area contributed by atoms with Gasteiger partial charge in [-0.15, -0.1) is 0 Å². The van der Waals surface area contributed by atoms with E-state index in [2.05, 4.69) is 15.2 Å². The molecule has 5 heteroatoms. The topological polar surface area (TPSA) is 80.2 Å². The lowest BCUT2D eigenvalue weighted by atomic mass is 10.2. The molecule has 2 heterocycles. The average molecular weight is 233 g/mol. The minimum Gasteiger partial charge on any atom is -0.396 e. The molecule has 5 N–H and O–H groups in total. The lowest BCUT2D eigenvalue weighted by molar-refractivity contribution is 0.326. The van der Waals surface area contributed by atoms with Crippen molar-refractivity contribution in [1.82, 2.24) is 9.88 Å². The molecule has 0 aromatic carbocycles. The van der Waals surface area contributed by atoms with Gasteiger partial charge in [-0.25, -0.2) is 4.98 Å². The van der Waals surface area contributed by atoms with Gasteiger partial charge in [0.1, 0.15) is 11.6 Å². The Balaban J connectivity index is 1.61. The molecular formula is C12H19N5. The predicted octanol–water partition coefficient (Wildman–Crippen LogP) is 0.895. The lowest BCUT2D eigenvalue weighted by Gasteiger charge is -2.16. The van der Waals surface area contributed by atoms with Gasteiger partial charge >= 0.3 is 0 Å². The third-order valence-corrected chi connectivity index (χ3v) is 3.59. The summed E-state index contributed by atoms with van der Waals surface area (Å²) in [7, 11) is 0. The molecule has 17 heavy (non-hydrogen) atoms. The summed E-state index contributed by atoms with van der Waals surface area (Å²) in [5.74, 6) is 1.24. The Bertz CT molecular complexity index is 415. The summed E-state index contributed by atoms with van der Waals surface area (Å²) in [5.41, 5.74) is 11.9. The number of nitrogens with one attached hydrogen (secondary N) is 1. The molecule has 0 amide bonds. The van der Waals surface area contributed by atoms with Crippen molar-refractivity contribution < 1.29 is 0 Å². The number of hydrogen-bond acceptors (Lipinski definition) is 5. The van der Waals surface area contributed by atoms with Crippen molar-refractivity contribution >= 4 is 17.3 Å². The van der Waals surface area contributed by atoms with E-state index in [9.17, 15) is 0 Å². The summed E-state index contributed by atoms with van der Waals surface area (Å²) in [6.45, 7) is 2.32. The first-order valence-corrected chi connectivity index (χ1v) is 6.25. The van der Waals surface area contributed by atoms with Crippen molar-refractivity contribution in [2.24, 2.45) is 0 Å². The van der Waals surface area contributed by atoms with Crippen LogP contribution in [-0.4, -0.2) is 35.1 Å². The van der Waals surface area contributed by atoms with Crippen molar-refractivity contribution in [1.29, 1.82) is 0 Å². The number of nitrogen functional groups attached to an aromatic ring is 2. The van der Waals surface area contributed by atoms with E-state index >= 15 is 0 Å². The van der Waals surface area contributed by atoms with Gasteiger partial charge in [-0.3, -0.25) is 4.90 Å². The number of nitrogens with zero attached hydrogens (tertiary/aromatic N) is 2. The second-order valence-electron chi connectivity index (χ2n) is 5.03. The Morgan fingerprint density at radius 3 is 2.76 bits per heavy atom. The van der Waals surface area contributed by atoms with Gasteiger partial charge in [0.2, 0.25) is 0 Å². The monoisotopic (exact) mass is 233 g/mol. The highest BCUT2D eigenvalue weighted by molar-refractivity contribution is 5.61. The summed E-state index contributed by atoms with van der Waals surface area (Å²) < 4.78 is 0. The Morgan fingerprint density at radius 2 is 2.06 bits per heavy atom. The van der Waals surface area contributed by atoms with Crippen LogP contribution in [0.1, 0.15) is 19.3 Å². The zero-order chi connectivity index (χ0) is 11.8. The van der Waals surface area contributed by atoms with Gasteiger partial charge in [-0.05, 0) is 31.4 Å². The molecule has 0 radical (unpaired) electrons. The van der Waals surface area contributed by atoms with Gasteiger partial charge in [0, 0.05) is 25.2 Å². The molecule has 92 valence electrons. The Morgan fingerprint density at radius 1 is 1.24 bits per heavy atom. The van der Waals surface area contributed by atoms with Gasteiger partial charge in [0.15, 0.2) is 0 Å². The number of nitrogens with two attached hydrogens (primary N) is 2. The molecule has 0 bridgehead atoms. The van der Waals surface area contributed by atoms with Crippen LogP contribution >= 0.6 is 0 Å². The first-order valence-electron chi connectivity index (χ1n) is 6.25. The van der Waals surface area contributed by atoms with Crippen LogP contribution in [0.15, 0.2) is 12.1 Å². The second kappa shape index (κ2) is 4.07. The van der Waals surface area contributed by atoms with Crippen LogP contribution in [0, 0.1) is 0 Å². The van der Waals surface area contributed by atoms with Gasteiger partial charge < -0.3 is 16.8 Å². The highest BCUT2D eigenvalue weighted by atomic mass is 15.2. The first-order chi connectivity index (χ1) is 8.22. The third kappa shape index (κ3) is 2.29. The van der Waals surface area contributed by atoms with E-state index in [1.165, 1.54) is 25.8 Å². The molecule has 5 nitrogen and oxygen atoms in total. The van der Waals surface area contributed by atoms with Crippen LogP contribution in [0.25, 0.3) is 0 Å². The van der Waals surface area contributed by atoms with Crippen molar-refractivity contribution in [3.63, 3.8) is 0 Å². The van der Waals surface area contributed by atoms with Gasteiger partial charge in [-0.1, -0.05) is 0 Å². The van der Waals surface area contributed by atoms with E-state index in [0.29, 0.717) is 17.5 Å². The van der Waals surface area contributed by atoms with Crippen molar-refractivity contribution in [2.75, 3.05) is 29.9 Å². The zero-order valence-corrected chi connectivity index (χ0v) is 9.89. The molecule has 1 aliphatic carbocycles. The maximum absolute atomic E-state index is 5.69. The number of hydrogen-bond donors (Lipinski definition) is 3. The molecule has 1 aliphatic heterocycles. The van der Waals surface area contributed by atoms with Crippen LogP contribution < -0.4 is 16.8 Å². The summed E-state index contributed by atoms with van der Waals surface area (Å²) >= 11 is 0. The molecule has 0 spiro atoms. The van der Waals surface area contributed by atoms with Crippen LogP contribution in [0.4, 0.5) is 17.3 Å². The van der Waals surface area contributed by atoms with Crippen molar-refractivity contribution in [3.05, 3.63) is 12.1 Å². The SMILES string of the molecule is Nc1ccc(NC2CCN(C3CC3)C2)nc1N. The average Bonchev–Trinajstić information content (AvgIpc) is 3.06. The maximum atomic E-state index is 5.69. The zero-order valence-electron chi connectivity index (χ0n) is 9.89. The van der Waals surface area contributed by atoms with E-state index in [4.69, 9.17) is 11.5 Å². The predicted molar refractivity (Wildman–Crippen MR) is 69.7 cm³/mol. The molecule has 3 rings (SSSR count). The number of anilines is 3. The van der Waals surface area contributed by atoms with E-state index < -0.39 is 0 Å². The van der Waals surface area contributed by atoms with Crippen molar-refractivity contribution in [2.45, 2.75) is 31.3 Å². The minimum atomic E-state index is 0.409. The molecule has 1 saturated carbocycles. The summed E-state index contributed by atoms with van der Waals surface area (Å²) in [6, 6.07) is 5.04. The lowest BCUT2D eigenvalue weighted by Crippen LogP contribution is -2.28. The molecule has 1 saturated heterocycles. The molecule has 2 aliphatic rings. The Labute approximate surface area is 101 Å². The smallest absolute Gasteiger partial charge is 0.149 e. The van der Waals surface area contributed by atoms with Gasteiger partial charge in [0.25, 0.3) is 0 Å². The van der Waals surface area contributed by atoms with Crippen molar-refractivity contribution in [3.8, 4) is 0 Å². The highest BCUT2D eigenvalue weighted by Gasteiger charge is 2.34. The number of rotatable bonds is 3. The number of pyridine rings is 1. The summed E-state index contributed by atoms with van der Waals surface area (Å²) in [5, 5.41) is 3.43. The van der Waals surface area contributed by atoms with Crippen LogP contribution in [0.2, 0.25) is 0 Å². The Hall–Kier alpha value is -1.49. The fourth-order valence-electron chi connectivity index (χ4n) is 2.45. The van der Waals surface area contributed by atoms with Crippen LogP contribution in [-0.2, 0) is 0 Å². The quantitative estimate of drug-likeness (QED) is 0.722.